The van der Waals surface area contributed by atoms with E-state index in [4.69, 9.17) is 14.6 Å². The van der Waals surface area contributed by atoms with Crippen molar-refractivity contribution >= 4 is 28.8 Å². The van der Waals surface area contributed by atoms with Gasteiger partial charge in [0.2, 0.25) is 0 Å². The Morgan fingerprint density at radius 3 is 2.55 bits per heavy atom. The third kappa shape index (κ3) is 4.50. The summed E-state index contributed by atoms with van der Waals surface area (Å²) >= 11 is 1.40. The lowest BCUT2D eigenvalue weighted by molar-refractivity contribution is -0.140. The molecule has 29 heavy (non-hydrogen) atoms. The lowest BCUT2D eigenvalue weighted by atomic mass is 10.00. The fourth-order valence-corrected chi connectivity index (χ4v) is 4.06. The molecule has 0 radical (unpaired) electrons. The van der Waals surface area contributed by atoms with Gasteiger partial charge in [0.1, 0.15) is 11.5 Å². The highest BCUT2D eigenvalue weighted by Gasteiger charge is 2.46. The van der Waals surface area contributed by atoms with E-state index in [-0.39, 0.29) is 37.7 Å². The van der Waals surface area contributed by atoms with Crippen molar-refractivity contribution in [2.24, 2.45) is 0 Å². The number of hydrogen-bond donors (Lipinski definition) is 2. The summed E-state index contributed by atoms with van der Waals surface area (Å²) in [5.74, 6) is -0.968. The molecule has 2 N–H and O–H groups in total. The van der Waals surface area contributed by atoms with Crippen LogP contribution in [0.1, 0.15) is 23.4 Å². The molecule has 1 aromatic heterocycles. The number of hydrogen-bond acceptors (Lipinski definition) is 7. The second-order valence-electron chi connectivity index (χ2n) is 6.30. The van der Waals surface area contributed by atoms with Crippen LogP contribution in [0.2, 0.25) is 0 Å². The number of nitrogens with zero attached hydrogens (tertiary/aromatic N) is 1. The molecule has 7 nitrogen and oxygen atoms in total. The minimum Gasteiger partial charge on any atom is -0.507 e. The van der Waals surface area contributed by atoms with Gasteiger partial charge in [-0.2, -0.15) is 0 Å². The van der Waals surface area contributed by atoms with Gasteiger partial charge in [0.15, 0.2) is 0 Å². The van der Waals surface area contributed by atoms with Crippen molar-refractivity contribution in [1.82, 2.24) is 4.90 Å². The van der Waals surface area contributed by atoms with Crippen LogP contribution < -0.4 is 4.74 Å². The van der Waals surface area contributed by atoms with Gasteiger partial charge in [0.25, 0.3) is 11.7 Å². The van der Waals surface area contributed by atoms with Crippen molar-refractivity contribution < 1.29 is 29.3 Å². The third-order valence-electron chi connectivity index (χ3n) is 4.50. The predicted octanol–water partition coefficient (Wildman–Crippen LogP) is 2.58. The van der Waals surface area contributed by atoms with E-state index in [1.807, 2.05) is 24.4 Å². The Kier molecular flexibility index (Phi) is 7.03. The number of carbonyl (C=O) groups excluding carboxylic acids is 2. The lowest BCUT2D eigenvalue weighted by Gasteiger charge is -2.24. The van der Waals surface area contributed by atoms with E-state index in [1.54, 1.807) is 24.3 Å². The van der Waals surface area contributed by atoms with Crippen LogP contribution >= 0.6 is 11.3 Å². The van der Waals surface area contributed by atoms with Crippen molar-refractivity contribution in [2.45, 2.75) is 13.0 Å². The predicted molar refractivity (Wildman–Crippen MR) is 109 cm³/mol. The molecule has 2 aromatic rings. The SMILES string of the molecule is CCOc1ccc(/C(O)=C2\C(=O)C(=O)N(CCOCCO)[C@H]2c2cccs2)cc1. The third-order valence-corrected chi connectivity index (χ3v) is 5.43. The van der Waals surface area contributed by atoms with Gasteiger partial charge in [-0.1, -0.05) is 6.07 Å². The van der Waals surface area contributed by atoms with Crippen LogP contribution in [0, 0.1) is 0 Å². The Bertz CT molecular complexity index is 875. The average molecular weight is 417 g/mol. The summed E-state index contributed by atoms with van der Waals surface area (Å²) in [4.78, 5) is 27.6. The van der Waals surface area contributed by atoms with E-state index in [0.29, 0.717) is 17.9 Å². The molecular formula is C21H23NO6S. The fraction of sp³-hybridized carbons (Fsp3) is 0.333. The number of Topliss-reactive ketones (excluding diaryl/α,β-unsaturated/α-hetero) is 1. The highest BCUT2D eigenvalue weighted by molar-refractivity contribution is 7.10. The van der Waals surface area contributed by atoms with Gasteiger partial charge >= 0.3 is 0 Å². The normalized spacial score (nSPS) is 18.4. The quantitative estimate of drug-likeness (QED) is 0.282. The second-order valence-corrected chi connectivity index (χ2v) is 7.28. The highest BCUT2D eigenvalue weighted by atomic mass is 32.1. The Balaban J connectivity index is 1.97. The molecule has 0 saturated carbocycles. The number of benzene rings is 1. The van der Waals surface area contributed by atoms with Gasteiger partial charge in [-0.25, -0.2) is 0 Å². The van der Waals surface area contributed by atoms with Gasteiger partial charge in [-0.15, -0.1) is 11.3 Å². The van der Waals surface area contributed by atoms with Gasteiger partial charge in [-0.05, 0) is 42.6 Å². The number of aliphatic hydroxyl groups excluding tert-OH is 2. The summed E-state index contributed by atoms with van der Waals surface area (Å²) in [6, 6.07) is 9.70. The molecule has 154 valence electrons. The molecule has 3 rings (SSSR count). The maximum Gasteiger partial charge on any atom is 0.295 e. The molecule has 1 aliphatic rings. The molecule has 1 aromatic carbocycles. The van der Waals surface area contributed by atoms with E-state index in [1.165, 1.54) is 16.2 Å². The summed E-state index contributed by atoms with van der Waals surface area (Å²) in [6.07, 6.45) is 0. The molecule has 0 spiro atoms. The second kappa shape index (κ2) is 9.69. The topological polar surface area (TPSA) is 96.3 Å². The molecule has 2 heterocycles. The molecule has 1 atom stereocenters. The van der Waals surface area contributed by atoms with E-state index >= 15 is 0 Å². The van der Waals surface area contributed by atoms with Crippen LogP contribution in [0.25, 0.3) is 5.76 Å². The van der Waals surface area contributed by atoms with Crippen LogP contribution in [0.4, 0.5) is 0 Å². The molecule has 1 aliphatic heterocycles. The Morgan fingerprint density at radius 1 is 1.17 bits per heavy atom. The number of aliphatic hydroxyl groups is 2. The van der Waals surface area contributed by atoms with Gasteiger partial charge < -0.3 is 24.6 Å². The zero-order valence-corrected chi connectivity index (χ0v) is 16.9. The fourth-order valence-electron chi connectivity index (χ4n) is 3.21. The first-order chi connectivity index (χ1) is 14.1. The summed E-state index contributed by atoms with van der Waals surface area (Å²) in [6.45, 7) is 2.78. The molecule has 0 unspecified atom stereocenters. The number of ketones is 1. The zero-order chi connectivity index (χ0) is 20.8. The molecule has 8 heteroatoms. The van der Waals surface area contributed by atoms with Crippen LogP contribution in [-0.2, 0) is 14.3 Å². The minimum atomic E-state index is -0.725. The van der Waals surface area contributed by atoms with Crippen LogP contribution in [0.15, 0.2) is 47.4 Å². The van der Waals surface area contributed by atoms with Gasteiger partial charge in [0.05, 0.1) is 38.0 Å². The first-order valence-electron chi connectivity index (χ1n) is 9.32. The standard InChI is InChI=1S/C21H23NO6S/c1-2-28-15-7-5-14(6-8-15)19(24)17-18(16-4-3-13-29-16)22(21(26)20(17)25)9-11-27-12-10-23/h3-8,13,18,23-24H,2,9-12H2,1H3/b19-17+/t18-/m0/s1. The molecule has 0 aliphatic carbocycles. The lowest BCUT2D eigenvalue weighted by Crippen LogP contribution is -2.32. The molecule has 1 amide bonds. The number of likely N-dealkylation sites (tertiary alicyclic amines) is 1. The number of amides is 1. The Morgan fingerprint density at radius 2 is 1.93 bits per heavy atom. The van der Waals surface area contributed by atoms with Gasteiger partial charge in [0, 0.05) is 17.0 Å². The monoisotopic (exact) mass is 417 g/mol. The van der Waals surface area contributed by atoms with E-state index in [0.717, 1.165) is 4.88 Å². The average Bonchev–Trinajstić information content (AvgIpc) is 3.34. The Hall–Kier alpha value is -2.68. The minimum absolute atomic E-state index is 0.0590. The first-order valence-corrected chi connectivity index (χ1v) is 10.2. The summed E-state index contributed by atoms with van der Waals surface area (Å²) in [5.41, 5.74) is 0.494. The molecule has 1 saturated heterocycles. The molecule has 0 bridgehead atoms. The first kappa shape index (κ1) is 21.0. The summed E-state index contributed by atoms with van der Waals surface area (Å²) in [7, 11) is 0. The maximum absolute atomic E-state index is 12.8. The summed E-state index contributed by atoms with van der Waals surface area (Å²) in [5, 5.41) is 21.6. The Labute approximate surface area is 172 Å². The van der Waals surface area contributed by atoms with E-state index < -0.39 is 17.7 Å². The molecular weight excluding hydrogens is 394 g/mol. The summed E-state index contributed by atoms with van der Waals surface area (Å²) < 4.78 is 10.7. The number of thiophene rings is 1. The van der Waals surface area contributed by atoms with Crippen molar-refractivity contribution in [3.8, 4) is 5.75 Å². The van der Waals surface area contributed by atoms with Crippen molar-refractivity contribution in [1.29, 1.82) is 0 Å². The number of rotatable bonds is 9. The number of ether oxygens (including phenoxy) is 2. The maximum atomic E-state index is 12.8. The van der Waals surface area contributed by atoms with Crippen LogP contribution in [0.3, 0.4) is 0 Å². The van der Waals surface area contributed by atoms with Crippen LogP contribution in [-0.4, -0.2) is 59.8 Å². The van der Waals surface area contributed by atoms with Crippen LogP contribution in [0.5, 0.6) is 5.75 Å². The van der Waals surface area contributed by atoms with Crippen molar-refractivity contribution in [2.75, 3.05) is 33.0 Å². The molecule has 1 fully saturated rings. The smallest absolute Gasteiger partial charge is 0.295 e. The largest absolute Gasteiger partial charge is 0.507 e. The number of carbonyl (C=O) groups is 2. The zero-order valence-electron chi connectivity index (χ0n) is 16.0. The van der Waals surface area contributed by atoms with Gasteiger partial charge in [-0.3, -0.25) is 9.59 Å². The van der Waals surface area contributed by atoms with Crippen molar-refractivity contribution in [3.63, 3.8) is 0 Å². The van der Waals surface area contributed by atoms with E-state index in [9.17, 15) is 14.7 Å². The highest BCUT2D eigenvalue weighted by Crippen LogP contribution is 2.40. The van der Waals surface area contributed by atoms with Crippen molar-refractivity contribution in [3.05, 3.63) is 57.8 Å². The van der Waals surface area contributed by atoms with E-state index in [2.05, 4.69) is 0 Å².